The lowest BCUT2D eigenvalue weighted by molar-refractivity contribution is 0.294. The van der Waals surface area contributed by atoms with Crippen molar-refractivity contribution in [3.8, 4) is 11.4 Å². The van der Waals surface area contributed by atoms with E-state index in [2.05, 4.69) is 30.6 Å². The van der Waals surface area contributed by atoms with Crippen LogP contribution >= 0.6 is 0 Å². The van der Waals surface area contributed by atoms with Crippen molar-refractivity contribution < 1.29 is 4.74 Å². The molecule has 5 rings (SSSR count). The van der Waals surface area contributed by atoms with Gasteiger partial charge in [0.25, 0.3) is 0 Å². The first kappa shape index (κ1) is 17.2. The van der Waals surface area contributed by atoms with E-state index < -0.39 is 0 Å². The Kier molecular flexibility index (Phi) is 4.28. The van der Waals surface area contributed by atoms with Gasteiger partial charge in [-0.1, -0.05) is 5.21 Å². The van der Waals surface area contributed by atoms with E-state index >= 15 is 0 Å². The highest BCUT2D eigenvalue weighted by atomic mass is 16.5. The van der Waals surface area contributed by atoms with Gasteiger partial charge in [-0.3, -0.25) is 14.5 Å². The average molecular weight is 388 g/mol. The number of ether oxygens (including phenoxy) is 1. The number of benzene rings is 1. The summed E-state index contributed by atoms with van der Waals surface area (Å²) in [6, 6.07) is 9.06. The zero-order valence-electron chi connectivity index (χ0n) is 15.3. The van der Waals surface area contributed by atoms with Gasteiger partial charge in [-0.25, -0.2) is 4.68 Å². The van der Waals surface area contributed by atoms with Crippen LogP contribution in [-0.2, 0) is 6.61 Å². The Balaban J connectivity index is 1.38. The average Bonchev–Trinajstić information content (AvgIpc) is 3.47. The molecule has 10 nitrogen and oxygen atoms in total. The lowest BCUT2D eigenvalue weighted by Crippen LogP contribution is -2.22. The highest BCUT2D eigenvalue weighted by Gasteiger charge is 2.16. The van der Waals surface area contributed by atoms with Crippen LogP contribution in [0.2, 0.25) is 0 Å². The highest BCUT2D eigenvalue weighted by molar-refractivity contribution is 5.81. The van der Waals surface area contributed by atoms with Gasteiger partial charge < -0.3 is 4.74 Å². The maximum Gasteiger partial charge on any atom is 0.206 e. The van der Waals surface area contributed by atoms with Gasteiger partial charge in [-0.15, -0.1) is 5.10 Å². The molecule has 144 valence electrons. The summed E-state index contributed by atoms with van der Waals surface area (Å²) in [5, 5.41) is 21.1. The summed E-state index contributed by atoms with van der Waals surface area (Å²) in [5.41, 5.74) is 1.81. The Morgan fingerprint density at radius 1 is 1.10 bits per heavy atom. The topological polar surface area (TPSA) is 112 Å². The Hall–Kier alpha value is -3.95. The molecule has 4 aromatic rings. The highest BCUT2D eigenvalue weighted by Crippen LogP contribution is 2.22. The molecule has 29 heavy (non-hydrogen) atoms. The van der Waals surface area contributed by atoms with Crippen LogP contribution in [-0.4, -0.2) is 42.8 Å². The van der Waals surface area contributed by atoms with Crippen LogP contribution in [0, 0.1) is 0 Å². The third-order valence-corrected chi connectivity index (χ3v) is 4.66. The fourth-order valence-corrected chi connectivity index (χ4v) is 3.11. The summed E-state index contributed by atoms with van der Waals surface area (Å²) in [5.74, 6) is 0.623. The molecule has 0 saturated heterocycles. The van der Waals surface area contributed by atoms with Gasteiger partial charge in [0.15, 0.2) is 0 Å². The van der Waals surface area contributed by atoms with E-state index in [1.165, 1.54) is 6.07 Å². The van der Waals surface area contributed by atoms with E-state index in [0.717, 1.165) is 16.6 Å². The molecule has 3 aromatic heterocycles. The second kappa shape index (κ2) is 7.23. The minimum Gasteiger partial charge on any atom is -0.487 e. The van der Waals surface area contributed by atoms with E-state index in [4.69, 9.17) is 4.74 Å². The Morgan fingerprint density at radius 2 is 2.00 bits per heavy atom. The number of fused-ring (bicyclic) bond motifs is 1. The Morgan fingerprint density at radius 3 is 2.83 bits per heavy atom. The molecule has 0 fully saturated rings. The third-order valence-electron chi connectivity index (χ3n) is 4.66. The van der Waals surface area contributed by atoms with Crippen molar-refractivity contribution in [3.05, 3.63) is 71.0 Å². The number of rotatable bonds is 5. The molecule has 0 bridgehead atoms. The molecule has 1 aliphatic heterocycles. The number of azo groups is 1. The molecule has 10 heteroatoms. The van der Waals surface area contributed by atoms with Crippen molar-refractivity contribution in [1.82, 2.24) is 29.8 Å². The number of hydrogen-bond acceptors (Lipinski definition) is 8. The van der Waals surface area contributed by atoms with Crippen LogP contribution in [0.5, 0.6) is 5.75 Å². The van der Waals surface area contributed by atoms with Crippen LogP contribution in [0.1, 0.15) is 11.7 Å². The van der Waals surface area contributed by atoms with Crippen molar-refractivity contribution in [3.63, 3.8) is 0 Å². The number of pyridine rings is 1. The molecule has 0 N–H and O–H groups in total. The second-order valence-corrected chi connectivity index (χ2v) is 6.59. The zero-order chi connectivity index (χ0) is 19.6. The summed E-state index contributed by atoms with van der Waals surface area (Å²) in [6.45, 7) is 1.21. The van der Waals surface area contributed by atoms with E-state index in [9.17, 15) is 4.79 Å². The molecule has 0 radical (unpaired) electrons. The molecular weight excluding hydrogens is 372 g/mol. The maximum absolute atomic E-state index is 12.2. The standard InChI is InChI=1S/C19H16N8O2/c28-19-3-5-26(15-10-22-23-11-15)24-18(19)12-29-16-1-2-17-13(8-16)7-14(9-20-17)27-6-4-21-25-27/h1-9,15H,10-12H2. The summed E-state index contributed by atoms with van der Waals surface area (Å²) in [7, 11) is 0. The Bertz CT molecular complexity index is 1240. The van der Waals surface area contributed by atoms with Gasteiger partial charge in [-0.2, -0.15) is 15.3 Å². The zero-order valence-corrected chi connectivity index (χ0v) is 15.3. The van der Waals surface area contributed by atoms with E-state index in [-0.39, 0.29) is 18.1 Å². The van der Waals surface area contributed by atoms with Gasteiger partial charge in [0, 0.05) is 17.6 Å². The first-order valence-electron chi connectivity index (χ1n) is 9.07. The van der Waals surface area contributed by atoms with Crippen molar-refractivity contribution in [2.45, 2.75) is 12.6 Å². The maximum atomic E-state index is 12.2. The van der Waals surface area contributed by atoms with E-state index in [0.29, 0.717) is 24.5 Å². The largest absolute Gasteiger partial charge is 0.487 e. The molecule has 0 saturated carbocycles. The SMILES string of the molecule is O=c1ccn(C2CN=NC2)nc1COc1ccc2ncc(-n3ccnn3)cc2c1. The van der Waals surface area contributed by atoms with Gasteiger partial charge in [0.1, 0.15) is 18.1 Å². The molecule has 0 amide bonds. The molecule has 1 aliphatic rings. The molecule has 0 aliphatic carbocycles. The van der Waals surface area contributed by atoms with Gasteiger partial charge >= 0.3 is 0 Å². The summed E-state index contributed by atoms with van der Waals surface area (Å²) < 4.78 is 9.21. The monoisotopic (exact) mass is 388 g/mol. The lowest BCUT2D eigenvalue weighted by atomic mass is 10.2. The van der Waals surface area contributed by atoms with Crippen LogP contribution in [0.4, 0.5) is 0 Å². The summed E-state index contributed by atoms with van der Waals surface area (Å²) in [6.07, 6.45) is 6.76. The minimum absolute atomic E-state index is 0.0521. The smallest absolute Gasteiger partial charge is 0.206 e. The van der Waals surface area contributed by atoms with Crippen molar-refractivity contribution in [1.29, 1.82) is 0 Å². The third kappa shape index (κ3) is 3.47. The fourth-order valence-electron chi connectivity index (χ4n) is 3.11. The van der Waals surface area contributed by atoms with E-state index in [1.807, 2.05) is 24.3 Å². The minimum atomic E-state index is -0.163. The lowest BCUT2D eigenvalue weighted by Gasteiger charge is -2.12. The molecule has 0 atom stereocenters. The van der Waals surface area contributed by atoms with Crippen molar-refractivity contribution in [2.24, 2.45) is 10.2 Å². The van der Waals surface area contributed by atoms with Crippen LogP contribution < -0.4 is 10.2 Å². The first-order chi connectivity index (χ1) is 14.3. The molecule has 4 heterocycles. The second-order valence-electron chi connectivity index (χ2n) is 6.59. The van der Waals surface area contributed by atoms with Crippen LogP contribution in [0.3, 0.4) is 0 Å². The van der Waals surface area contributed by atoms with Crippen molar-refractivity contribution >= 4 is 10.9 Å². The molecule has 1 aromatic carbocycles. The Labute approximate surface area is 164 Å². The predicted molar refractivity (Wildman–Crippen MR) is 103 cm³/mol. The van der Waals surface area contributed by atoms with Crippen LogP contribution in [0.25, 0.3) is 16.6 Å². The van der Waals surface area contributed by atoms with Gasteiger partial charge in [0.2, 0.25) is 5.43 Å². The van der Waals surface area contributed by atoms with Gasteiger partial charge in [-0.05, 0) is 24.3 Å². The van der Waals surface area contributed by atoms with Gasteiger partial charge in [0.05, 0.1) is 48.9 Å². The normalized spacial score (nSPS) is 13.9. The molecule has 0 unspecified atom stereocenters. The number of aromatic nitrogens is 6. The molecule has 0 spiro atoms. The molecular formula is C19H16N8O2. The van der Waals surface area contributed by atoms with Crippen LogP contribution in [0.15, 0.2) is 70.1 Å². The quantitative estimate of drug-likeness (QED) is 0.516. The summed E-state index contributed by atoms with van der Waals surface area (Å²) >= 11 is 0. The van der Waals surface area contributed by atoms with E-state index in [1.54, 1.807) is 34.2 Å². The first-order valence-corrected chi connectivity index (χ1v) is 9.07. The number of hydrogen-bond donors (Lipinski definition) is 0. The fraction of sp³-hybridized carbons (Fsp3) is 0.211. The summed E-state index contributed by atoms with van der Waals surface area (Å²) in [4.78, 5) is 16.6. The number of nitrogens with zero attached hydrogens (tertiary/aromatic N) is 8. The van der Waals surface area contributed by atoms with Crippen molar-refractivity contribution in [2.75, 3.05) is 13.1 Å². The predicted octanol–water partition coefficient (Wildman–Crippen LogP) is 1.96.